The van der Waals surface area contributed by atoms with Crippen molar-refractivity contribution in [3.05, 3.63) is 107 Å². The summed E-state index contributed by atoms with van der Waals surface area (Å²) in [5.41, 5.74) is 11.8. The molecule has 0 radical (unpaired) electrons. The highest BCUT2D eigenvalue weighted by molar-refractivity contribution is 6.23. The maximum Gasteiger partial charge on any atom is -0.00207 e. The summed E-state index contributed by atoms with van der Waals surface area (Å²) < 4.78 is 0. The van der Waals surface area contributed by atoms with Crippen LogP contribution >= 0.6 is 0 Å². The normalized spacial score (nSPS) is 14.8. The number of benzene rings is 5. The summed E-state index contributed by atoms with van der Waals surface area (Å²) in [6, 6.07) is 32.4. The Morgan fingerprint density at radius 2 is 0.781 bits per heavy atom. The zero-order valence-corrected chi connectivity index (χ0v) is 18.3. The SMILES string of the molecule is c1ccc2c(c1)CCCc1cccc3c4c5c(cccc5c-2c13)CCCc1ccccc1-4. The fourth-order valence-electron chi connectivity index (χ4n) is 6.36. The average molecular weight is 411 g/mol. The topological polar surface area (TPSA) is 0 Å². The molecule has 0 N–H and O–H groups in total. The van der Waals surface area contributed by atoms with Gasteiger partial charge in [0.15, 0.2) is 0 Å². The van der Waals surface area contributed by atoms with Gasteiger partial charge in [0, 0.05) is 0 Å². The first kappa shape index (κ1) is 18.2. The van der Waals surface area contributed by atoms with E-state index in [1.165, 1.54) is 78.9 Å². The Kier molecular flexibility index (Phi) is 4.02. The quantitative estimate of drug-likeness (QED) is 0.225. The van der Waals surface area contributed by atoms with Crippen LogP contribution in [0.4, 0.5) is 0 Å². The Morgan fingerprint density at radius 3 is 1.28 bits per heavy atom. The van der Waals surface area contributed by atoms with Gasteiger partial charge in [0.25, 0.3) is 0 Å². The van der Waals surface area contributed by atoms with Gasteiger partial charge < -0.3 is 0 Å². The van der Waals surface area contributed by atoms with E-state index >= 15 is 0 Å². The number of aryl methyl sites for hydroxylation is 4. The molecule has 0 nitrogen and oxygen atoms in total. The smallest absolute Gasteiger partial charge is 0.00207 e. The second-order valence-electron chi connectivity index (χ2n) is 9.45. The number of hydrogen-bond acceptors (Lipinski definition) is 0. The van der Waals surface area contributed by atoms with Crippen LogP contribution in [0.25, 0.3) is 43.8 Å². The molecule has 154 valence electrons. The number of rotatable bonds is 0. The van der Waals surface area contributed by atoms with Crippen molar-refractivity contribution in [3.63, 3.8) is 0 Å². The van der Waals surface area contributed by atoms with Gasteiger partial charge in [-0.2, -0.15) is 0 Å². The van der Waals surface area contributed by atoms with E-state index < -0.39 is 0 Å². The van der Waals surface area contributed by atoms with E-state index in [2.05, 4.69) is 84.9 Å². The van der Waals surface area contributed by atoms with E-state index in [0.717, 1.165) is 25.7 Å². The van der Waals surface area contributed by atoms with E-state index in [-0.39, 0.29) is 0 Å². The van der Waals surface area contributed by atoms with E-state index in [1.54, 1.807) is 0 Å². The lowest BCUT2D eigenvalue weighted by Crippen LogP contribution is -2.05. The summed E-state index contributed by atoms with van der Waals surface area (Å²) in [6.45, 7) is 0. The van der Waals surface area contributed by atoms with Gasteiger partial charge in [-0.1, -0.05) is 84.9 Å². The summed E-state index contributed by atoms with van der Waals surface area (Å²) in [5, 5.41) is 5.83. The van der Waals surface area contributed by atoms with Crippen LogP contribution in [0.3, 0.4) is 0 Å². The molecule has 0 aromatic heterocycles. The maximum absolute atomic E-state index is 2.39. The van der Waals surface area contributed by atoms with Gasteiger partial charge in [-0.3, -0.25) is 0 Å². The molecule has 0 aliphatic heterocycles. The molecule has 0 amide bonds. The van der Waals surface area contributed by atoms with Gasteiger partial charge >= 0.3 is 0 Å². The lowest BCUT2D eigenvalue weighted by molar-refractivity contribution is 0.822. The van der Waals surface area contributed by atoms with Crippen LogP contribution in [0, 0.1) is 0 Å². The molecule has 0 unspecified atom stereocenters. The van der Waals surface area contributed by atoms with E-state index in [9.17, 15) is 0 Å². The van der Waals surface area contributed by atoms with E-state index in [1.807, 2.05) is 0 Å². The minimum atomic E-state index is 1.14. The van der Waals surface area contributed by atoms with Crippen molar-refractivity contribution in [1.29, 1.82) is 0 Å². The van der Waals surface area contributed by atoms with Crippen LogP contribution in [0.1, 0.15) is 35.1 Å². The molecule has 5 aromatic rings. The highest BCUT2D eigenvalue weighted by Gasteiger charge is 2.24. The molecule has 0 fully saturated rings. The third-order valence-electron chi connectivity index (χ3n) is 7.70. The van der Waals surface area contributed by atoms with Crippen molar-refractivity contribution >= 4 is 21.5 Å². The molecular weight excluding hydrogens is 384 g/mol. The van der Waals surface area contributed by atoms with Crippen molar-refractivity contribution < 1.29 is 0 Å². The number of hydrogen-bond donors (Lipinski definition) is 0. The van der Waals surface area contributed by atoms with Crippen LogP contribution in [-0.4, -0.2) is 0 Å². The molecule has 5 aromatic carbocycles. The Hall–Kier alpha value is -3.38. The Balaban J connectivity index is 1.78. The van der Waals surface area contributed by atoms with Crippen LogP contribution in [-0.2, 0) is 25.7 Å². The van der Waals surface area contributed by atoms with Crippen molar-refractivity contribution in [1.82, 2.24) is 0 Å². The Labute approximate surface area is 189 Å². The fraction of sp³-hybridized carbons (Fsp3) is 0.188. The third kappa shape index (κ3) is 2.56. The van der Waals surface area contributed by atoms with Crippen LogP contribution in [0.5, 0.6) is 0 Å². The standard InChI is InChI=1S/C32H26/c1-3-17-25-21(9-1)11-5-13-23-15-8-20-28-29(23)31(25)27-19-7-16-24-14-6-12-22-10-2-4-18-26(22)32(28)30(24)27/h1-4,7-10,15-20H,5-6,11-14H2. The summed E-state index contributed by atoms with van der Waals surface area (Å²) in [6.07, 6.45) is 7.00. The highest BCUT2D eigenvalue weighted by atomic mass is 14.3. The first-order chi connectivity index (χ1) is 15.9. The fourth-order valence-corrected chi connectivity index (χ4v) is 6.36. The van der Waals surface area contributed by atoms with E-state index in [4.69, 9.17) is 0 Å². The minimum absolute atomic E-state index is 1.14. The number of fused-ring (bicyclic) bond motifs is 6. The summed E-state index contributed by atoms with van der Waals surface area (Å²) in [4.78, 5) is 0. The molecule has 0 saturated heterocycles. The predicted molar refractivity (Wildman–Crippen MR) is 136 cm³/mol. The highest BCUT2D eigenvalue weighted by Crippen LogP contribution is 2.49. The molecule has 0 bridgehead atoms. The molecule has 0 spiro atoms. The van der Waals surface area contributed by atoms with Gasteiger partial charge in [-0.15, -0.1) is 0 Å². The van der Waals surface area contributed by atoms with Crippen molar-refractivity contribution in [2.24, 2.45) is 0 Å². The molecule has 32 heavy (non-hydrogen) atoms. The Morgan fingerprint density at radius 1 is 0.375 bits per heavy atom. The van der Waals surface area contributed by atoms with Gasteiger partial charge in [0.2, 0.25) is 0 Å². The van der Waals surface area contributed by atoms with Crippen molar-refractivity contribution in [2.75, 3.05) is 0 Å². The average Bonchev–Trinajstić information content (AvgIpc) is 2.81. The first-order valence-electron chi connectivity index (χ1n) is 12.1. The zero-order chi connectivity index (χ0) is 21.1. The van der Waals surface area contributed by atoms with Crippen molar-refractivity contribution in [3.8, 4) is 22.3 Å². The van der Waals surface area contributed by atoms with E-state index in [0.29, 0.717) is 0 Å². The molecule has 7 rings (SSSR count). The summed E-state index contributed by atoms with van der Waals surface area (Å²) in [5.74, 6) is 0. The third-order valence-corrected chi connectivity index (χ3v) is 7.70. The molecule has 2 aliphatic carbocycles. The second-order valence-corrected chi connectivity index (χ2v) is 9.45. The molecule has 0 heterocycles. The molecule has 0 saturated carbocycles. The molecular formula is C32H26. The van der Waals surface area contributed by atoms with Crippen molar-refractivity contribution in [2.45, 2.75) is 38.5 Å². The zero-order valence-electron chi connectivity index (χ0n) is 18.3. The Bertz CT molecular complexity index is 1400. The lowest BCUT2D eigenvalue weighted by Gasteiger charge is -2.26. The van der Waals surface area contributed by atoms with Gasteiger partial charge in [-0.25, -0.2) is 0 Å². The van der Waals surface area contributed by atoms with Gasteiger partial charge in [-0.05, 0) is 105 Å². The predicted octanol–water partition coefficient (Wildman–Crippen LogP) is 8.30. The van der Waals surface area contributed by atoms with Crippen LogP contribution in [0.2, 0.25) is 0 Å². The largest absolute Gasteiger partial charge is 0.0620 e. The van der Waals surface area contributed by atoms with Gasteiger partial charge in [0.1, 0.15) is 0 Å². The monoisotopic (exact) mass is 410 g/mol. The summed E-state index contributed by atoms with van der Waals surface area (Å²) in [7, 11) is 0. The summed E-state index contributed by atoms with van der Waals surface area (Å²) >= 11 is 0. The van der Waals surface area contributed by atoms with Crippen LogP contribution < -0.4 is 0 Å². The first-order valence-corrected chi connectivity index (χ1v) is 12.1. The second kappa shape index (κ2) is 7.07. The molecule has 2 aliphatic rings. The van der Waals surface area contributed by atoms with Crippen LogP contribution in [0.15, 0.2) is 84.9 Å². The van der Waals surface area contributed by atoms with Gasteiger partial charge in [0.05, 0.1) is 0 Å². The minimum Gasteiger partial charge on any atom is -0.0620 e. The lowest BCUT2D eigenvalue weighted by atomic mass is 9.77. The maximum atomic E-state index is 2.39. The molecule has 0 heteroatoms. The molecule has 0 atom stereocenters.